The van der Waals surface area contributed by atoms with Crippen LogP contribution in [0.3, 0.4) is 0 Å². The zero-order chi connectivity index (χ0) is 18.8. The van der Waals surface area contributed by atoms with E-state index < -0.39 is 0 Å². The van der Waals surface area contributed by atoms with Crippen molar-refractivity contribution in [2.45, 2.75) is 43.9 Å². The maximum absolute atomic E-state index is 13.3. The number of piperidine rings is 1. The Morgan fingerprint density at radius 1 is 1.04 bits per heavy atom. The number of para-hydroxylation sites is 1. The Kier molecular flexibility index (Phi) is 4.88. The van der Waals surface area contributed by atoms with Crippen molar-refractivity contribution in [2.24, 2.45) is 0 Å². The maximum Gasteiger partial charge on any atom is 0.258 e. The molecule has 2 unspecified atom stereocenters. The molecule has 2 aliphatic heterocycles. The molecule has 2 atom stereocenters. The van der Waals surface area contributed by atoms with Crippen molar-refractivity contribution >= 4 is 5.91 Å². The molecule has 6 heteroatoms. The average Bonchev–Trinajstić information content (AvgIpc) is 2.98. The van der Waals surface area contributed by atoms with E-state index in [0.717, 1.165) is 31.4 Å². The lowest BCUT2D eigenvalue weighted by Gasteiger charge is -2.39. The quantitative estimate of drug-likeness (QED) is 0.810. The number of hydrogen-bond donors (Lipinski definition) is 0. The summed E-state index contributed by atoms with van der Waals surface area (Å²) in [5.74, 6) is 1.93. The van der Waals surface area contributed by atoms with E-state index in [1.807, 2.05) is 29.2 Å². The van der Waals surface area contributed by atoms with Gasteiger partial charge in [-0.2, -0.15) is 0 Å². The number of nitrogens with zero attached hydrogens (tertiary/aromatic N) is 2. The first-order valence-electron chi connectivity index (χ1n) is 9.31. The summed E-state index contributed by atoms with van der Waals surface area (Å²) in [6.45, 7) is 0. The molecule has 1 aromatic carbocycles. The minimum Gasteiger partial charge on any atom is -0.493 e. The van der Waals surface area contributed by atoms with Crippen LogP contribution >= 0.6 is 0 Å². The molecule has 3 heterocycles. The molecular formula is C21H24N2O4. The van der Waals surface area contributed by atoms with Gasteiger partial charge < -0.3 is 19.1 Å². The van der Waals surface area contributed by atoms with Crippen LogP contribution < -0.4 is 14.2 Å². The van der Waals surface area contributed by atoms with Crippen LogP contribution in [0.5, 0.6) is 17.2 Å². The molecule has 142 valence electrons. The van der Waals surface area contributed by atoms with Crippen molar-refractivity contribution in [1.82, 2.24) is 9.88 Å². The molecule has 6 nitrogen and oxygen atoms in total. The highest BCUT2D eigenvalue weighted by Gasteiger charge is 2.44. The number of carbonyl (C=O) groups excluding carboxylic acids is 1. The van der Waals surface area contributed by atoms with E-state index >= 15 is 0 Å². The van der Waals surface area contributed by atoms with Gasteiger partial charge in [-0.1, -0.05) is 6.07 Å². The molecule has 27 heavy (non-hydrogen) atoms. The minimum atomic E-state index is 0.0145. The molecule has 1 amide bonds. The summed E-state index contributed by atoms with van der Waals surface area (Å²) < 4.78 is 16.9. The Hall–Kier alpha value is -2.76. The van der Waals surface area contributed by atoms with Crippen LogP contribution in [0, 0.1) is 0 Å². The molecule has 2 saturated heterocycles. The van der Waals surface area contributed by atoms with Gasteiger partial charge in [-0.05, 0) is 37.1 Å². The van der Waals surface area contributed by atoms with E-state index in [2.05, 4.69) is 4.98 Å². The number of pyridine rings is 1. The number of methoxy groups -OCH3 is 2. The molecule has 2 fully saturated rings. The van der Waals surface area contributed by atoms with Gasteiger partial charge in [0.15, 0.2) is 11.5 Å². The van der Waals surface area contributed by atoms with Gasteiger partial charge in [0.05, 0.1) is 19.8 Å². The molecular weight excluding hydrogens is 344 g/mol. The van der Waals surface area contributed by atoms with Crippen LogP contribution in [0.2, 0.25) is 0 Å². The van der Waals surface area contributed by atoms with Gasteiger partial charge in [-0.15, -0.1) is 0 Å². The van der Waals surface area contributed by atoms with Crippen LogP contribution in [-0.4, -0.2) is 48.2 Å². The van der Waals surface area contributed by atoms with E-state index in [4.69, 9.17) is 14.2 Å². The molecule has 2 aliphatic rings. The molecule has 4 rings (SSSR count). The van der Waals surface area contributed by atoms with Gasteiger partial charge in [0.2, 0.25) is 0 Å². The third kappa shape index (κ3) is 3.31. The lowest BCUT2D eigenvalue weighted by Crippen LogP contribution is -2.49. The second-order valence-electron chi connectivity index (χ2n) is 7.03. The molecule has 0 N–H and O–H groups in total. The fraction of sp³-hybridized carbons (Fsp3) is 0.429. The van der Waals surface area contributed by atoms with Gasteiger partial charge in [0.1, 0.15) is 11.9 Å². The van der Waals surface area contributed by atoms with Crippen LogP contribution in [0.15, 0.2) is 42.7 Å². The fourth-order valence-corrected chi connectivity index (χ4v) is 4.36. The number of fused-ring (bicyclic) bond motifs is 2. The Balaban J connectivity index is 1.52. The maximum atomic E-state index is 13.3. The minimum absolute atomic E-state index is 0.0145. The Labute approximate surface area is 159 Å². The zero-order valence-corrected chi connectivity index (χ0v) is 15.6. The number of ether oxygens (including phenoxy) is 3. The molecule has 1 aromatic heterocycles. The first-order valence-corrected chi connectivity index (χ1v) is 9.31. The fourth-order valence-electron chi connectivity index (χ4n) is 4.36. The summed E-state index contributed by atoms with van der Waals surface area (Å²) in [4.78, 5) is 19.4. The summed E-state index contributed by atoms with van der Waals surface area (Å²) in [5, 5.41) is 0. The summed E-state index contributed by atoms with van der Waals surface area (Å²) in [6.07, 6.45) is 7.31. The molecule has 2 bridgehead atoms. The Morgan fingerprint density at radius 2 is 1.74 bits per heavy atom. The first kappa shape index (κ1) is 17.6. The van der Waals surface area contributed by atoms with Crippen LogP contribution in [0.25, 0.3) is 0 Å². The lowest BCUT2D eigenvalue weighted by atomic mass is 9.98. The van der Waals surface area contributed by atoms with Crippen molar-refractivity contribution in [1.29, 1.82) is 0 Å². The Morgan fingerprint density at radius 3 is 2.37 bits per heavy atom. The largest absolute Gasteiger partial charge is 0.493 e. The molecule has 0 spiro atoms. The highest BCUT2D eigenvalue weighted by molar-refractivity contribution is 5.98. The summed E-state index contributed by atoms with van der Waals surface area (Å²) in [5.41, 5.74) is 0.558. The number of hydrogen-bond acceptors (Lipinski definition) is 5. The van der Waals surface area contributed by atoms with Crippen molar-refractivity contribution in [2.75, 3.05) is 14.2 Å². The van der Waals surface area contributed by atoms with Crippen molar-refractivity contribution in [3.8, 4) is 17.2 Å². The van der Waals surface area contributed by atoms with Gasteiger partial charge in [-0.25, -0.2) is 0 Å². The highest BCUT2D eigenvalue weighted by Crippen LogP contribution is 2.40. The third-order valence-corrected chi connectivity index (χ3v) is 5.51. The predicted octanol–water partition coefficient (Wildman–Crippen LogP) is 3.31. The van der Waals surface area contributed by atoms with E-state index in [9.17, 15) is 4.79 Å². The number of carbonyl (C=O) groups is 1. The lowest BCUT2D eigenvalue weighted by molar-refractivity contribution is 0.0356. The van der Waals surface area contributed by atoms with Crippen molar-refractivity contribution in [3.05, 3.63) is 48.3 Å². The smallest absolute Gasteiger partial charge is 0.258 e. The van der Waals surface area contributed by atoms with Gasteiger partial charge in [0.25, 0.3) is 5.91 Å². The van der Waals surface area contributed by atoms with Crippen LogP contribution in [0.4, 0.5) is 0 Å². The molecule has 0 saturated carbocycles. The summed E-state index contributed by atoms with van der Waals surface area (Å²) in [6, 6.07) is 9.58. The Bertz CT molecular complexity index is 797. The molecule has 0 radical (unpaired) electrons. The van der Waals surface area contributed by atoms with E-state index in [-0.39, 0.29) is 24.1 Å². The number of aromatic nitrogens is 1. The van der Waals surface area contributed by atoms with E-state index in [1.165, 1.54) is 0 Å². The van der Waals surface area contributed by atoms with Crippen molar-refractivity contribution < 1.29 is 19.0 Å². The number of amides is 1. The average molecular weight is 368 g/mol. The number of rotatable bonds is 5. The molecule has 0 aliphatic carbocycles. The van der Waals surface area contributed by atoms with E-state index in [0.29, 0.717) is 17.1 Å². The SMILES string of the molecule is COc1cccc(C(=O)N2C3CCC2CC(Oc2ccncc2)C3)c1OC. The third-order valence-electron chi connectivity index (χ3n) is 5.51. The predicted molar refractivity (Wildman–Crippen MR) is 100 cm³/mol. The van der Waals surface area contributed by atoms with Gasteiger partial charge in [0, 0.05) is 37.3 Å². The second kappa shape index (κ2) is 7.47. The van der Waals surface area contributed by atoms with Gasteiger partial charge in [-0.3, -0.25) is 9.78 Å². The summed E-state index contributed by atoms with van der Waals surface area (Å²) in [7, 11) is 3.15. The van der Waals surface area contributed by atoms with Crippen molar-refractivity contribution in [3.63, 3.8) is 0 Å². The monoisotopic (exact) mass is 368 g/mol. The standard InChI is InChI=1S/C21H24N2O4/c1-25-19-5-3-4-18(20(19)26-2)21(24)23-14-6-7-15(23)13-17(12-14)27-16-8-10-22-11-9-16/h3-5,8-11,14-15,17H,6-7,12-13H2,1-2H3. The summed E-state index contributed by atoms with van der Waals surface area (Å²) >= 11 is 0. The normalized spacial score (nSPS) is 23.8. The first-order chi connectivity index (χ1) is 13.2. The van der Waals surface area contributed by atoms with Crippen LogP contribution in [-0.2, 0) is 0 Å². The van der Waals surface area contributed by atoms with Crippen LogP contribution in [0.1, 0.15) is 36.0 Å². The topological polar surface area (TPSA) is 60.9 Å². The van der Waals surface area contributed by atoms with E-state index in [1.54, 1.807) is 32.7 Å². The number of benzene rings is 1. The van der Waals surface area contributed by atoms with Gasteiger partial charge >= 0.3 is 0 Å². The zero-order valence-electron chi connectivity index (χ0n) is 15.6. The molecule has 2 aromatic rings. The highest BCUT2D eigenvalue weighted by atomic mass is 16.5. The second-order valence-corrected chi connectivity index (χ2v) is 7.03.